The third-order valence-electron chi connectivity index (χ3n) is 3.38. The van der Waals surface area contributed by atoms with E-state index in [9.17, 15) is 5.11 Å². The molecule has 110 valence electrons. The summed E-state index contributed by atoms with van der Waals surface area (Å²) in [4.78, 5) is 0. The first-order valence-corrected chi connectivity index (χ1v) is 7.09. The van der Waals surface area contributed by atoms with E-state index >= 15 is 0 Å². The van der Waals surface area contributed by atoms with Gasteiger partial charge in [0.25, 0.3) is 0 Å². The number of fused-ring (bicyclic) bond motifs is 1. The van der Waals surface area contributed by atoms with Crippen molar-refractivity contribution < 1.29 is 19.3 Å². The second kappa shape index (κ2) is 6.06. The van der Waals surface area contributed by atoms with Gasteiger partial charge in [-0.2, -0.15) is 0 Å². The average molecular weight is 286 g/mol. The largest absolute Gasteiger partial charge is 0.494 e. The standard InChI is InChI=1S/C17H18O4/c1-2-19-13-6-3-5-12(11-13)16(18)14-7-4-8-15-17(14)21-10-9-20-15/h3-8,11,16,18H,2,9-10H2,1H3. The number of hydrogen-bond donors (Lipinski definition) is 1. The minimum absolute atomic E-state index is 0.496. The number of aliphatic hydroxyl groups is 1. The average Bonchev–Trinajstić information content (AvgIpc) is 2.54. The van der Waals surface area contributed by atoms with E-state index in [1.807, 2.05) is 49.4 Å². The first-order valence-electron chi connectivity index (χ1n) is 7.09. The van der Waals surface area contributed by atoms with Crippen LogP contribution in [-0.4, -0.2) is 24.9 Å². The van der Waals surface area contributed by atoms with Gasteiger partial charge in [0, 0.05) is 5.56 Å². The van der Waals surface area contributed by atoms with Gasteiger partial charge in [0.2, 0.25) is 0 Å². The molecule has 0 fully saturated rings. The highest BCUT2D eigenvalue weighted by molar-refractivity contribution is 5.51. The van der Waals surface area contributed by atoms with Gasteiger partial charge in [-0.3, -0.25) is 0 Å². The number of ether oxygens (including phenoxy) is 3. The number of rotatable bonds is 4. The molecule has 0 bridgehead atoms. The van der Waals surface area contributed by atoms with Crippen molar-refractivity contribution in [1.29, 1.82) is 0 Å². The van der Waals surface area contributed by atoms with Crippen molar-refractivity contribution in [3.8, 4) is 17.2 Å². The number of benzene rings is 2. The molecule has 3 rings (SSSR count). The van der Waals surface area contributed by atoms with E-state index in [-0.39, 0.29) is 0 Å². The predicted octanol–water partition coefficient (Wildman–Crippen LogP) is 2.94. The van der Waals surface area contributed by atoms with E-state index in [4.69, 9.17) is 14.2 Å². The van der Waals surface area contributed by atoms with Crippen molar-refractivity contribution in [3.63, 3.8) is 0 Å². The Balaban J connectivity index is 1.95. The lowest BCUT2D eigenvalue weighted by Gasteiger charge is -2.23. The van der Waals surface area contributed by atoms with E-state index in [2.05, 4.69) is 0 Å². The zero-order valence-electron chi connectivity index (χ0n) is 11.9. The fraction of sp³-hybridized carbons (Fsp3) is 0.294. The SMILES string of the molecule is CCOc1cccc(C(O)c2cccc3c2OCCO3)c1. The molecule has 1 N–H and O–H groups in total. The summed E-state index contributed by atoms with van der Waals surface area (Å²) in [6.07, 6.45) is -0.776. The van der Waals surface area contributed by atoms with Gasteiger partial charge in [-0.15, -0.1) is 0 Å². The van der Waals surface area contributed by atoms with Crippen LogP contribution in [0.5, 0.6) is 17.2 Å². The van der Waals surface area contributed by atoms with Crippen LogP contribution in [0, 0.1) is 0 Å². The summed E-state index contributed by atoms with van der Waals surface area (Å²) in [7, 11) is 0. The quantitative estimate of drug-likeness (QED) is 0.938. The van der Waals surface area contributed by atoms with Crippen LogP contribution in [0.3, 0.4) is 0 Å². The maximum atomic E-state index is 10.6. The molecule has 4 heteroatoms. The molecule has 1 unspecified atom stereocenters. The Hall–Kier alpha value is -2.20. The molecule has 1 atom stereocenters. The molecule has 2 aromatic carbocycles. The maximum absolute atomic E-state index is 10.6. The molecule has 0 spiro atoms. The summed E-state index contributed by atoms with van der Waals surface area (Å²) in [6.45, 7) is 3.56. The van der Waals surface area contributed by atoms with Gasteiger partial charge >= 0.3 is 0 Å². The third kappa shape index (κ3) is 2.81. The van der Waals surface area contributed by atoms with Crippen molar-refractivity contribution in [2.24, 2.45) is 0 Å². The van der Waals surface area contributed by atoms with Crippen LogP contribution < -0.4 is 14.2 Å². The van der Waals surface area contributed by atoms with Crippen molar-refractivity contribution in [3.05, 3.63) is 53.6 Å². The minimum Gasteiger partial charge on any atom is -0.494 e. The van der Waals surface area contributed by atoms with Crippen LogP contribution in [0.2, 0.25) is 0 Å². The summed E-state index contributed by atoms with van der Waals surface area (Å²) in [5.74, 6) is 2.05. The van der Waals surface area contributed by atoms with Crippen LogP contribution in [-0.2, 0) is 0 Å². The zero-order chi connectivity index (χ0) is 14.7. The molecular formula is C17H18O4. The molecule has 0 aliphatic carbocycles. The highest BCUT2D eigenvalue weighted by atomic mass is 16.6. The summed E-state index contributed by atoms with van der Waals surface area (Å²) in [5.41, 5.74) is 1.48. The Morgan fingerprint density at radius 3 is 2.81 bits per heavy atom. The molecule has 0 saturated heterocycles. The van der Waals surface area contributed by atoms with Crippen LogP contribution in [0.1, 0.15) is 24.2 Å². The van der Waals surface area contributed by atoms with Gasteiger partial charge in [-0.05, 0) is 30.7 Å². The third-order valence-corrected chi connectivity index (χ3v) is 3.38. The Bertz CT molecular complexity index is 624. The van der Waals surface area contributed by atoms with Gasteiger partial charge in [-0.25, -0.2) is 0 Å². The van der Waals surface area contributed by atoms with E-state index in [0.717, 1.165) is 11.3 Å². The lowest BCUT2D eigenvalue weighted by molar-refractivity contribution is 0.158. The molecule has 0 radical (unpaired) electrons. The molecule has 1 heterocycles. The molecule has 1 aliphatic rings. The molecule has 0 amide bonds. The summed E-state index contributed by atoms with van der Waals surface area (Å²) < 4.78 is 16.7. The van der Waals surface area contributed by atoms with E-state index in [0.29, 0.717) is 36.9 Å². The number of aliphatic hydroxyl groups excluding tert-OH is 1. The summed E-state index contributed by atoms with van der Waals surface area (Å²) in [5, 5.41) is 10.6. The number of hydrogen-bond acceptors (Lipinski definition) is 4. The molecule has 0 saturated carbocycles. The molecule has 4 nitrogen and oxygen atoms in total. The minimum atomic E-state index is -0.776. The van der Waals surface area contributed by atoms with Crippen LogP contribution in [0.25, 0.3) is 0 Å². The van der Waals surface area contributed by atoms with Gasteiger partial charge in [0.15, 0.2) is 11.5 Å². The Kier molecular flexibility index (Phi) is 3.97. The molecule has 1 aliphatic heterocycles. The lowest BCUT2D eigenvalue weighted by atomic mass is 10.00. The van der Waals surface area contributed by atoms with Crippen LogP contribution in [0.4, 0.5) is 0 Å². The highest BCUT2D eigenvalue weighted by Crippen LogP contribution is 2.39. The lowest BCUT2D eigenvalue weighted by Crippen LogP contribution is -2.17. The van der Waals surface area contributed by atoms with Gasteiger partial charge in [0.05, 0.1) is 6.61 Å². The first kappa shape index (κ1) is 13.8. The fourth-order valence-corrected chi connectivity index (χ4v) is 2.43. The topological polar surface area (TPSA) is 47.9 Å². The van der Waals surface area contributed by atoms with Crippen LogP contribution >= 0.6 is 0 Å². The Labute approximate surface area is 123 Å². The summed E-state index contributed by atoms with van der Waals surface area (Å²) >= 11 is 0. The van der Waals surface area contributed by atoms with Crippen molar-refractivity contribution in [2.75, 3.05) is 19.8 Å². The zero-order valence-corrected chi connectivity index (χ0v) is 11.9. The second-order valence-corrected chi connectivity index (χ2v) is 4.78. The first-order chi connectivity index (χ1) is 10.3. The van der Waals surface area contributed by atoms with Crippen molar-refractivity contribution in [1.82, 2.24) is 0 Å². The normalized spacial score (nSPS) is 14.6. The molecule has 21 heavy (non-hydrogen) atoms. The monoisotopic (exact) mass is 286 g/mol. The number of para-hydroxylation sites is 1. The van der Waals surface area contributed by atoms with Gasteiger partial charge in [-0.1, -0.05) is 24.3 Å². The van der Waals surface area contributed by atoms with E-state index in [1.54, 1.807) is 0 Å². The Morgan fingerprint density at radius 1 is 1.14 bits per heavy atom. The maximum Gasteiger partial charge on any atom is 0.167 e. The van der Waals surface area contributed by atoms with Gasteiger partial charge in [0.1, 0.15) is 25.1 Å². The van der Waals surface area contributed by atoms with E-state index < -0.39 is 6.10 Å². The second-order valence-electron chi connectivity index (χ2n) is 4.78. The van der Waals surface area contributed by atoms with E-state index in [1.165, 1.54) is 0 Å². The molecule has 0 aromatic heterocycles. The van der Waals surface area contributed by atoms with Gasteiger partial charge < -0.3 is 19.3 Å². The molecule has 2 aromatic rings. The summed E-state index contributed by atoms with van der Waals surface area (Å²) in [6, 6.07) is 13.0. The van der Waals surface area contributed by atoms with Crippen molar-refractivity contribution in [2.45, 2.75) is 13.0 Å². The highest BCUT2D eigenvalue weighted by Gasteiger charge is 2.21. The van der Waals surface area contributed by atoms with Crippen LogP contribution in [0.15, 0.2) is 42.5 Å². The predicted molar refractivity (Wildman–Crippen MR) is 79.1 cm³/mol. The molecular weight excluding hydrogens is 268 g/mol. The smallest absolute Gasteiger partial charge is 0.167 e. The Morgan fingerprint density at radius 2 is 1.95 bits per heavy atom. The van der Waals surface area contributed by atoms with Crippen molar-refractivity contribution >= 4 is 0 Å². The fourth-order valence-electron chi connectivity index (χ4n) is 2.43.